The maximum absolute atomic E-state index is 11.6. The smallest absolute Gasteiger partial charge is 0.309 e. The lowest BCUT2D eigenvalue weighted by Crippen LogP contribution is -3.12. The molecule has 1 aromatic carbocycles. The summed E-state index contributed by atoms with van der Waals surface area (Å²) in [6.45, 7) is 6.79. The third-order valence-corrected chi connectivity index (χ3v) is 6.28. The molecule has 0 radical (unpaired) electrons. The number of hydrogen-bond donors (Lipinski definition) is 2. The first kappa shape index (κ1) is 19.0. The summed E-state index contributed by atoms with van der Waals surface area (Å²) in [5.74, 6) is -0.0528. The zero-order chi connectivity index (χ0) is 18.7. The third kappa shape index (κ3) is 4.31. The van der Waals surface area contributed by atoms with Gasteiger partial charge >= 0.3 is 5.97 Å². The number of carbonyl (C=O) groups excluding carboxylic acids is 1. The minimum Gasteiger partial charge on any atom is -0.469 e. The normalized spacial score (nSPS) is 20.0. The standard InChI is InChI=1S/C18H24N4O2S2/c1-12-5-4-6-15(13(12)2)19-17-20-22(18(25)26-17)11-21-9-7-14(8-10-21)16(23)24-3/h4-6,14H,7-11H2,1-3H3,(H,19,20)/p+1. The maximum Gasteiger partial charge on any atom is 0.309 e. The molecule has 0 spiro atoms. The van der Waals surface area contributed by atoms with E-state index in [0.717, 1.165) is 47.4 Å². The molecule has 140 valence electrons. The van der Waals surface area contributed by atoms with Crippen LogP contribution in [-0.4, -0.2) is 35.9 Å². The molecule has 26 heavy (non-hydrogen) atoms. The molecule has 1 aliphatic heterocycles. The Morgan fingerprint density at radius 1 is 1.42 bits per heavy atom. The summed E-state index contributed by atoms with van der Waals surface area (Å²) in [6.07, 6.45) is 1.71. The Labute approximate surface area is 162 Å². The van der Waals surface area contributed by atoms with Crippen molar-refractivity contribution in [3.63, 3.8) is 0 Å². The predicted molar refractivity (Wildman–Crippen MR) is 106 cm³/mol. The molecule has 0 aliphatic carbocycles. The van der Waals surface area contributed by atoms with Gasteiger partial charge in [-0.1, -0.05) is 23.5 Å². The minimum absolute atomic E-state index is 0.0358. The van der Waals surface area contributed by atoms with E-state index in [9.17, 15) is 4.79 Å². The molecule has 2 N–H and O–H groups in total. The van der Waals surface area contributed by atoms with Crippen molar-refractivity contribution in [3.05, 3.63) is 33.3 Å². The first-order valence-electron chi connectivity index (χ1n) is 8.80. The average Bonchev–Trinajstić information content (AvgIpc) is 2.98. The number of aromatic nitrogens is 2. The third-order valence-electron chi connectivity index (χ3n) is 5.05. The number of rotatable bonds is 5. The van der Waals surface area contributed by atoms with Gasteiger partial charge < -0.3 is 15.0 Å². The largest absolute Gasteiger partial charge is 0.469 e. The van der Waals surface area contributed by atoms with Crippen LogP contribution in [0.2, 0.25) is 0 Å². The van der Waals surface area contributed by atoms with E-state index in [0.29, 0.717) is 0 Å². The van der Waals surface area contributed by atoms with Crippen LogP contribution in [-0.2, 0) is 16.2 Å². The van der Waals surface area contributed by atoms with Crippen molar-refractivity contribution in [1.29, 1.82) is 0 Å². The fourth-order valence-electron chi connectivity index (χ4n) is 3.26. The quantitative estimate of drug-likeness (QED) is 0.604. The van der Waals surface area contributed by atoms with Gasteiger partial charge in [-0.2, -0.15) is 4.68 Å². The average molecular weight is 394 g/mol. The van der Waals surface area contributed by atoms with Crippen molar-refractivity contribution in [1.82, 2.24) is 9.78 Å². The minimum atomic E-state index is -0.0886. The summed E-state index contributed by atoms with van der Waals surface area (Å²) in [6, 6.07) is 6.19. The molecular weight excluding hydrogens is 368 g/mol. The molecule has 2 aromatic rings. The number of carbonyl (C=O) groups is 1. The first-order chi connectivity index (χ1) is 12.5. The molecule has 0 atom stereocenters. The second-order valence-corrected chi connectivity index (χ2v) is 8.37. The van der Waals surface area contributed by atoms with E-state index < -0.39 is 0 Å². The van der Waals surface area contributed by atoms with E-state index in [2.05, 4.69) is 36.4 Å². The number of benzene rings is 1. The van der Waals surface area contributed by atoms with Gasteiger partial charge in [-0.25, -0.2) is 0 Å². The van der Waals surface area contributed by atoms with Gasteiger partial charge in [-0.05, 0) is 43.3 Å². The van der Waals surface area contributed by atoms with Crippen molar-refractivity contribution >= 4 is 40.3 Å². The highest BCUT2D eigenvalue weighted by Crippen LogP contribution is 2.24. The van der Waals surface area contributed by atoms with Gasteiger partial charge in [0.1, 0.15) is 0 Å². The van der Waals surface area contributed by atoms with Gasteiger partial charge in [0.15, 0.2) is 10.6 Å². The fraction of sp³-hybridized carbons (Fsp3) is 0.500. The molecule has 3 rings (SSSR count). The van der Waals surface area contributed by atoms with E-state index >= 15 is 0 Å². The van der Waals surface area contributed by atoms with Crippen LogP contribution in [0.4, 0.5) is 10.8 Å². The number of nitrogens with one attached hydrogen (secondary N) is 2. The molecule has 1 aliphatic rings. The molecule has 2 heterocycles. The van der Waals surface area contributed by atoms with Crippen molar-refractivity contribution in [2.45, 2.75) is 33.4 Å². The lowest BCUT2D eigenvalue weighted by Gasteiger charge is -2.27. The highest BCUT2D eigenvalue weighted by molar-refractivity contribution is 7.73. The highest BCUT2D eigenvalue weighted by atomic mass is 32.1. The summed E-state index contributed by atoms with van der Waals surface area (Å²) in [4.78, 5) is 13.0. The van der Waals surface area contributed by atoms with E-state index in [4.69, 9.17) is 17.0 Å². The zero-order valence-electron chi connectivity index (χ0n) is 15.4. The zero-order valence-corrected chi connectivity index (χ0v) is 17.0. The number of anilines is 2. The fourth-order valence-corrected chi connectivity index (χ4v) is 4.28. The molecule has 6 nitrogen and oxygen atoms in total. The maximum atomic E-state index is 11.6. The van der Waals surface area contributed by atoms with E-state index in [1.54, 1.807) is 0 Å². The summed E-state index contributed by atoms with van der Waals surface area (Å²) in [7, 11) is 1.46. The summed E-state index contributed by atoms with van der Waals surface area (Å²) >= 11 is 6.98. The van der Waals surface area contributed by atoms with Crippen molar-refractivity contribution < 1.29 is 14.4 Å². The SMILES string of the molecule is COC(=O)C1CC[NH+](Cn2nc(Nc3cccc(C)c3C)sc2=S)CC1. The number of hydrogen-bond acceptors (Lipinski definition) is 6. The Balaban J connectivity index is 1.63. The van der Waals surface area contributed by atoms with Crippen LogP contribution in [0.15, 0.2) is 18.2 Å². The Hall–Kier alpha value is -1.77. The van der Waals surface area contributed by atoms with Gasteiger partial charge in [0.05, 0.1) is 26.1 Å². The number of esters is 1. The van der Waals surface area contributed by atoms with Crippen LogP contribution in [0.1, 0.15) is 24.0 Å². The Kier molecular flexibility index (Phi) is 6.05. The van der Waals surface area contributed by atoms with Crippen molar-refractivity contribution in [3.8, 4) is 0 Å². The van der Waals surface area contributed by atoms with Crippen LogP contribution >= 0.6 is 23.6 Å². The van der Waals surface area contributed by atoms with E-state index in [1.807, 2.05) is 10.7 Å². The highest BCUT2D eigenvalue weighted by Gasteiger charge is 2.28. The Bertz CT molecular complexity index is 838. The summed E-state index contributed by atoms with van der Waals surface area (Å²) < 4.78 is 7.51. The van der Waals surface area contributed by atoms with Crippen LogP contribution in [0.3, 0.4) is 0 Å². The molecule has 1 saturated heterocycles. The Morgan fingerprint density at radius 3 is 2.85 bits per heavy atom. The molecule has 0 amide bonds. The number of piperidine rings is 1. The number of aryl methyl sites for hydroxylation is 1. The molecule has 1 aromatic heterocycles. The van der Waals surface area contributed by atoms with Gasteiger partial charge in [0.25, 0.3) is 0 Å². The van der Waals surface area contributed by atoms with Crippen molar-refractivity contribution in [2.75, 3.05) is 25.5 Å². The van der Waals surface area contributed by atoms with Crippen LogP contribution < -0.4 is 10.2 Å². The molecule has 0 saturated carbocycles. The van der Waals surface area contributed by atoms with Gasteiger partial charge in [0, 0.05) is 18.5 Å². The second kappa shape index (κ2) is 8.28. The summed E-state index contributed by atoms with van der Waals surface area (Å²) in [5, 5.41) is 8.85. The Morgan fingerprint density at radius 2 is 2.15 bits per heavy atom. The van der Waals surface area contributed by atoms with Gasteiger partial charge in [0.2, 0.25) is 5.13 Å². The monoisotopic (exact) mass is 393 g/mol. The van der Waals surface area contributed by atoms with Gasteiger partial charge in [-0.3, -0.25) is 4.79 Å². The van der Waals surface area contributed by atoms with Crippen LogP contribution in [0, 0.1) is 23.7 Å². The van der Waals surface area contributed by atoms with Crippen LogP contribution in [0.25, 0.3) is 0 Å². The van der Waals surface area contributed by atoms with Gasteiger partial charge in [-0.15, -0.1) is 5.10 Å². The molecule has 1 fully saturated rings. The lowest BCUT2D eigenvalue weighted by atomic mass is 9.97. The number of nitrogens with zero attached hydrogens (tertiary/aromatic N) is 2. The lowest BCUT2D eigenvalue weighted by molar-refractivity contribution is -0.928. The number of methoxy groups -OCH3 is 1. The predicted octanol–water partition coefficient (Wildman–Crippen LogP) is 2.46. The van der Waals surface area contributed by atoms with Crippen molar-refractivity contribution in [2.24, 2.45) is 5.92 Å². The number of ether oxygens (including phenoxy) is 1. The first-order valence-corrected chi connectivity index (χ1v) is 10.0. The summed E-state index contributed by atoms with van der Waals surface area (Å²) in [5.41, 5.74) is 3.53. The number of quaternary nitrogens is 1. The molecule has 8 heteroatoms. The molecule has 0 bridgehead atoms. The topological polar surface area (TPSA) is 60.6 Å². The van der Waals surface area contributed by atoms with E-state index in [1.165, 1.54) is 34.5 Å². The number of likely N-dealkylation sites (tertiary alicyclic amines) is 1. The van der Waals surface area contributed by atoms with Crippen LogP contribution in [0.5, 0.6) is 0 Å². The molecular formula is C18H25N4O2S2+. The molecule has 0 unspecified atom stereocenters. The second-order valence-electron chi connectivity index (χ2n) is 6.75. The van der Waals surface area contributed by atoms with E-state index in [-0.39, 0.29) is 11.9 Å².